The quantitative estimate of drug-likeness (QED) is 0.754. The molecule has 0 saturated heterocycles. The molecule has 0 amide bonds. The van der Waals surface area contributed by atoms with E-state index in [1.54, 1.807) is 21.3 Å². The van der Waals surface area contributed by atoms with Crippen LogP contribution in [0.25, 0.3) is 0 Å². The lowest BCUT2D eigenvalue weighted by molar-refractivity contribution is -0.143. The van der Waals surface area contributed by atoms with Gasteiger partial charge in [0.15, 0.2) is 11.5 Å². The molecule has 0 aromatic heterocycles. The first-order chi connectivity index (χ1) is 12.1. The topological polar surface area (TPSA) is 54.0 Å². The van der Waals surface area contributed by atoms with E-state index in [1.165, 1.54) is 7.11 Å². The number of benzene rings is 2. The molecule has 2 aromatic rings. The Morgan fingerprint density at radius 3 is 2.16 bits per heavy atom. The van der Waals surface area contributed by atoms with Crippen LogP contribution < -0.4 is 14.2 Å². The number of rotatable bonds is 6. The third-order valence-corrected chi connectivity index (χ3v) is 4.93. The lowest BCUT2D eigenvalue weighted by atomic mass is 9.90. The van der Waals surface area contributed by atoms with Crippen molar-refractivity contribution in [1.82, 2.24) is 0 Å². The zero-order chi connectivity index (χ0) is 18.0. The molecule has 1 aliphatic carbocycles. The minimum atomic E-state index is -0.692. The average molecular weight is 342 g/mol. The van der Waals surface area contributed by atoms with E-state index in [1.807, 2.05) is 42.5 Å². The zero-order valence-electron chi connectivity index (χ0n) is 14.9. The van der Waals surface area contributed by atoms with Crippen LogP contribution in [0.1, 0.15) is 23.5 Å². The second-order valence-electron chi connectivity index (χ2n) is 6.06. The molecule has 1 saturated carbocycles. The van der Waals surface area contributed by atoms with Crippen LogP contribution in [-0.4, -0.2) is 34.4 Å². The fourth-order valence-electron chi connectivity index (χ4n) is 3.46. The SMILES string of the molecule is COC(=O)[C@@]1(c2ccc(OC)c(OC)c2)C[C@@H]1c1ccc(OC)cc1. The Morgan fingerprint density at radius 2 is 1.60 bits per heavy atom. The maximum atomic E-state index is 12.6. The molecule has 1 aliphatic rings. The Labute approximate surface area is 147 Å². The molecule has 0 N–H and O–H groups in total. The summed E-state index contributed by atoms with van der Waals surface area (Å²) in [4.78, 5) is 12.6. The summed E-state index contributed by atoms with van der Waals surface area (Å²) in [5, 5.41) is 0. The first-order valence-corrected chi connectivity index (χ1v) is 8.05. The third kappa shape index (κ3) is 2.80. The first kappa shape index (κ1) is 17.1. The van der Waals surface area contributed by atoms with Crippen molar-refractivity contribution in [2.45, 2.75) is 17.8 Å². The molecular weight excluding hydrogens is 320 g/mol. The average Bonchev–Trinajstić information content (AvgIpc) is 3.43. The number of carbonyl (C=O) groups excluding carboxylic acids is 1. The number of ether oxygens (including phenoxy) is 4. The van der Waals surface area contributed by atoms with E-state index in [9.17, 15) is 4.79 Å². The van der Waals surface area contributed by atoms with Gasteiger partial charge in [0.2, 0.25) is 0 Å². The second-order valence-corrected chi connectivity index (χ2v) is 6.06. The summed E-state index contributed by atoms with van der Waals surface area (Å²) in [7, 11) is 6.23. The summed E-state index contributed by atoms with van der Waals surface area (Å²) in [5.74, 6) is 1.85. The van der Waals surface area contributed by atoms with Crippen molar-refractivity contribution in [3.05, 3.63) is 53.6 Å². The van der Waals surface area contributed by atoms with Crippen molar-refractivity contribution < 1.29 is 23.7 Å². The molecule has 2 atom stereocenters. The van der Waals surface area contributed by atoms with E-state index >= 15 is 0 Å². The predicted octanol–water partition coefficient (Wildman–Crippen LogP) is 3.31. The molecule has 0 unspecified atom stereocenters. The monoisotopic (exact) mass is 342 g/mol. The normalized spacial score (nSPS) is 21.4. The van der Waals surface area contributed by atoms with Gasteiger partial charge in [0, 0.05) is 5.92 Å². The van der Waals surface area contributed by atoms with Gasteiger partial charge < -0.3 is 18.9 Å². The highest BCUT2D eigenvalue weighted by molar-refractivity contribution is 5.89. The molecule has 1 fully saturated rings. The third-order valence-electron chi connectivity index (χ3n) is 4.93. The molecule has 0 heterocycles. The molecule has 0 radical (unpaired) electrons. The number of hydrogen-bond donors (Lipinski definition) is 0. The van der Waals surface area contributed by atoms with Crippen LogP contribution in [0.2, 0.25) is 0 Å². The Morgan fingerprint density at radius 1 is 0.920 bits per heavy atom. The van der Waals surface area contributed by atoms with Crippen LogP contribution in [0, 0.1) is 0 Å². The van der Waals surface area contributed by atoms with Gasteiger partial charge >= 0.3 is 5.97 Å². The zero-order valence-corrected chi connectivity index (χ0v) is 14.9. The van der Waals surface area contributed by atoms with Gasteiger partial charge in [-0.1, -0.05) is 18.2 Å². The standard InChI is InChI=1S/C20H22O5/c1-22-15-8-5-13(6-9-15)16-12-20(16,19(21)25-4)14-7-10-17(23-2)18(11-14)24-3/h5-11,16H,12H2,1-4H3/t16-,20-/m1/s1. The molecule has 0 bridgehead atoms. The van der Waals surface area contributed by atoms with E-state index in [0.29, 0.717) is 17.9 Å². The van der Waals surface area contributed by atoms with Crippen molar-refractivity contribution in [2.75, 3.05) is 28.4 Å². The Bertz CT molecular complexity index is 768. The molecule has 2 aromatic carbocycles. The Hall–Kier alpha value is -2.69. The van der Waals surface area contributed by atoms with Gasteiger partial charge in [0.25, 0.3) is 0 Å². The highest BCUT2D eigenvalue weighted by Gasteiger charge is 2.62. The number of esters is 1. The van der Waals surface area contributed by atoms with E-state index in [4.69, 9.17) is 18.9 Å². The van der Waals surface area contributed by atoms with Crippen LogP contribution in [0.5, 0.6) is 17.2 Å². The summed E-state index contributed by atoms with van der Waals surface area (Å²) in [6.45, 7) is 0. The van der Waals surface area contributed by atoms with Crippen molar-refractivity contribution in [3.8, 4) is 17.2 Å². The minimum absolute atomic E-state index is 0.0592. The summed E-state index contributed by atoms with van der Waals surface area (Å²) in [6, 6.07) is 13.4. The van der Waals surface area contributed by atoms with Gasteiger partial charge in [-0.15, -0.1) is 0 Å². The summed E-state index contributed by atoms with van der Waals surface area (Å²) in [5.41, 5.74) is 1.27. The van der Waals surface area contributed by atoms with Crippen molar-refractivity contribution in [1.29, 1.82) is 0 Å². The summed E-state index contributed by atoms with van der Waals surface area (Å²) in [6.07, 6.45) is 0.696. The van der Waals surface area contributed by atoms with Crippen LogP contribution in [-0.2, 0) is 14.9 Å². The van der Waals surface area contributed by atoms with E-state index < -0.39 is 5.41 Å². The Balaban J connectivity index is 2.00. The maximum absolute atomic E-state index is 12.6. The highest BCUT2D eigenvalue weighted by atomic mass is 16.5. The molecule has 5 heteroatoms. The van der Waals surface area contributed by atoms with Crippen LogP contribution in [0.4, 0.5) is 0 Å². The van der Waals surface area contributed by atoms with Crippen LogP contribution in [0.3, 0.4) is 0 Å². The van der Waals surface area contributed by atoms with Gasteiger partial charge in [-0.25, -0.2) is 0 Å². The smallest absolute Gasteiger partial charge is 0.316 e. The molecule has 3 rings (SSSR count). The van der Waals surface area contributed by atoms with Gasteiger partial charge in [-0.05, 0) is 41.8 Å². The summed E-state index contributed by atoms with van der Waals surface area (Å²) < 4.78 is 21.0. The van der Waals surface area contributed by atoms with E-state index in [2.05, 4.69) is 0 Å². The fourth-order valence-corrected chi connectivity index (χ4v) is 3.46. The molecule has 25 heavy (non-hydrogen) atoms. The van der Waals surface area contributed by atoms with E-state index in [-0.39, 0.29) is 11.9 Å². The van der Waals surface area contributed by atoms with Crippen molar-refractivity contribution in [3.63, 3.8) is 0 Å². The van der Waals surface area contributed by atoms with Crippen LogP contribution in [0.15, 0.2) is 42.5 Å². The molecule has 0 spiro atoms. The number of hydrogen-bond acceptors (Lipinski definition) is 5. The van der Waals surface area contributed by atoms with E-state index in [0.717, 1.165) is 16.9 Å². The predicted molar refractivity (Wildman–Crippen MR) is 93.6 cm³/mol. The molecule has 132 valence electrons. The first-order valence-electron chi connectivity index (χ1n) is 8.05. The van der Waals surface area contributed by atoms with Gasteiger partial charge in [0.1, 0.15) is 11.2 Å². The van der Waals surface area contributed by atoms with Crippen molar-refractivity contribution >= 4 is 5.97 Å². The largest absolute Gasteiger partial charge is 0.497 e. The minimum Gasteiger partial charge on any atom is -0.497 e. The second kappa shape index (κ2) is 6.67. The lowest BCUT2D eigenvalue weighted by Gasteiger charge is -2.18. The van der Waals surface area contributed by atoms with Gasteiger partial charge in [-0.3, -0.25) is 4.79 Å². The van der Waals surface area contributed by atoms with Gasteiger partial charge in [0.05, 0.1) is 28.4 Å². The molecular formula is C20H22O5. The Kier molecular flexibility index (Phi) is 4.57. The lowest BCUT2D eigenvalue weighted by Crippen LogP contribution is -2.24. The summed E-state index contributed by atoms with van der Waals surface area (Å²) >= 11 is 0. The van der Waals surface area contributed by atoms with Crippen LogP contribution >= 0.6 is 0 Å². The van der Waals surface area contributed by atoms with Gasteiger partial charge in [-0.2, -0.15) is 0 Å². The van der Waals surface area contributed by atoms with Crippen molar-refractivity contribution in [2.24, 2.45) is 0 Å². The number of carbonyl (C=O) groups is 1. The molecule has 0 aliphatic heterocycles. The fraction of sp³-hybridized carbons (Fsp3) is 0.350. The maximum Gasteiger partial charge on any atom is 0.316 e. The molecule has 5 nitrogen and oxygen atoms in total. The highest BCUT2D eigenvalue weighted by Crippen LogP contribution is 2.61. The number of methoxy groups -OCH3 is 4.